The van der Waals surface area contributed by atoms with Gasteiger partial charge in [-0.3, -0.25) is 9.00 Å². The Balaban J connectivity index is 3.51. The Hall–Kier alpha value is -0.380. The molecule has 0 saturated carbocycles. The average molecular weight is 192 g/mol. The number of carbonyl (C=O) groups excluding carboxylic acids is 1. The van der Waals surface area contributed by atoms with Crippen molar-refractivity contribution >= 4 is 16.8 Å². The molecule has 0 radical (unpaired) electrons. The maximum absolute atomic E-state index is 11.2. The predicted octanol–water partition coefficient (Wildman–Crippen LogP) is 0.954. The van der Waals surface area contributed by atoms with Gasteiger partial charge in [-0.25, -0.2) is 0 Å². The Morgan fingerprint density at radius 1 is 1.50 bits per heavy atom. The average Bonchev–Trinajstić information content (AvgIpc) is 1.99. The molecule has 0 aromatic rings. The lowest BCUT2D eigenvalue weighted by Gasteiger charge is -2.03. The highest BCUT2D eigenvalue weighted by Crippen LogP contribution is 1.98. The molecule has 0 aliphatic heterocycles. The lowest BCUT2D eigenvalue weighted by Crippen LogP contribution is -2.12. The molecule has 0 saturated heterocycles. The summed E-state index contributed by atoms with van der Waals surface area (Å²) in [5.74, 6) is 1.22. The van der Waals surface area contributed by atoms with E-state index < -0.39 is 10.8 Å². The number of hydrogen-bond donors (Lipinski definition) is 0. The highest BCUT2D eigenvalue weighted by molar-refractivity contribution is 7.85. The zero-order valence-corrected chi connectivity index (χ0v) is 8.65. The van der Waals surface area contributed by atoms with E-state index in [-0.39, 0.29) is 12.4 Å². The van der Waals surface area contributed by atoms with Crippen LogP contribution in [0.25, 0.3) is 0 Å². The molecule has 0 rings (SSSR count). The Labute approximate surface area is 75.9 Å². The second-order valence-electron chi connectivity index (χ2n) is 3.03. The van der Waals surface area contributed by atoms with Crippen LogP contribution in [0.3, 0.4) is 0 Å². The van der Waals surface area contributed by atoms with Crippen LogP contribution in [0.2, 0.25) is 0 Å². The van der Waals surface area contributed by atoms with E-state index in [2.05, 4.69) is 4.74 Å². The lowest BCUT2D eigenvalue weighted by molar-refractivity contribution is -0.140. The van der Waals surface area contributed by atoms with Crippen LogP contribution in [0.1, 0.15) is 20.3 Å². The summed E-state index contributed by atoms with van der Waals surface area (Å²) < 4.78 is 15.6. The molecule has 12 heavy (non-hydrogen) atoms. The standard InChI is InChI=1S/C8H16O3S/c1-7(2)6-12(10)5-4-8(9)11-3/h7H,4-6H2,1-3H3. The molecule has 0 aliphatic carbocycles. The Kier molecular flexibility index (Phi) is 5.98. The van der Waals surface area contributed by atoms with E-state index in [1.807, 2.05) is 13.8 Å². The molecule has 72 valence electrons. The van der Waals surface area contributed by atoms with Crippen molar-refractivity contribution in [3.05, 3.63) is 0 Å². The second kappa shape index (κ2) is 6.17. The summed E-state index contributed by atoms with van der Waals surface area (Å²) in [6.07, 6.45) is 0.260. The first-order valence-corrected chi connectivity index (χ1v) is 5.47. The van der Waals surface area contributed by atoms with Crippen LogP contribution in [0.15, 0.2) is 0 Å². The van der Waals surface area contributed by atoms with Gasteiger partial charge >= 0.3 is 5.97 Å². The molecule has 1 atom stereocenters. The summed E-state index contributed by atoms with van der Waals surface area (Å²) in [4.78, 5) is 10.6. The predicted molar refractivity (Wildman–Crippen MR) is 49.3 cm³/mol. The van der Waals surface area contributed by atoms with Gasteiger partial charge in [0.2, 0.25) is 0 Å². The topological polar surface area (TPSA) is 43.4 Å². The van der Waals surface area contributed by atoms with Crippen molar-refractivity contribution in [1.29, 1.82) is 0 Å². The minimum Gasteiger partial charge on any atom is -0.469 e. The monoisotopic (exact) mass is 192 g/mol. The Bertz CT molecular complexity index is 166. The zero-order chi connectivity index (χ0) is 9.56. The molecule has 1 unspecified atom stereocenters. The van der Waals surface area contributed by atoms with Gasteiger partial charge in [-0.15, -0.1) is 0 Å². The molecule has 4 heteroatoms. The normalized spacial score (nSPS) is 13.0. The van der Waals surface area contributed by atoms with E-state index in [1.165, 1.54) is 7.11 Å². The molecule has 0 N–H and O–H groups in total. The quantitative estimate of drug-likeness (QED) is 0.609. The van der Waals surface area contributed by atoms with Gasteiger partial charge < -0.3 is 4.74 Å². The minimum absolute atomic E-state index is 0.260. The van der Waals surface area contributed by atoms with Crippen molar-refractivity contribution < 1.29 is 13.7 Å². The van der Waals surface area contributed by atoms with Crippen molar-refractivity contribution in [2.24, 2.45) is 5.92 Å². The number of carbonyl (C=O) groups is 1. The zero-order valence-electron chi connectivity index (χ0n) is 7.83. The van der Waals surface area contributed by atoms with E-state index in [9.17, 15) is 9.00 Å². The van der Waals surface area contributed by atoms with Crippen molar-refractivity contribution in [2.45, 2.75) is 20.3 Å². The summed E-state index contributed by atoms with van der Waals surface area (Å²) in [5, 5.41) is 0. The summed E-state index contributed by atoms with van der Waals surface area (Å²) in [6.45, 7) is 4.02. The third kappa shape index (κ3) is 6.34. The maximum atomic E-state index is 11.2. The smallest absolute Gasteiger partial charge is 0.306 e. The van der Waals surface area contributed by atoms with Gasteiger partial charge in [0.25, 0.3) is 0 Å². The summed E-state index contributed by atoms with van der Waals surface area (Å²) in [7, 11) is 0.468. The van der Waals surface area contributed by atoms with Crippen LogP contribution >= 0.6 is 0 Å². The van der Waals surface area contributed by atoms with Gasteiger partial charge in [-0.1, -0.05) is 13.8 Å². The lowest BCUT2D eigenvalue weighted by atomic mass is 10.3. The summed E-state index contributed by atoms with van der Waals surface area (Å²) in [6, 6.07) is 0. The van der Waals surface area contributed by atoms with Crippen LogP contribution in [-0.2, 0) is 20.3 Å². The van der Waals surface area contributed by atoms with Crippen molar-refractivity contribution in [3.8, 4) is 0 Å². The molecule has 3 nitrogen and oxygen atoms in total. The van der Waals surface area contributed by atoms with Crippen LogP contribution in [0, 0.1) is 5.92 Å². The molecule has 0 bridgehead atoms. The van der Waals surface area contributed by atoms with Gasteiger partial charge in [-0.2, -0.15) is 0 Å². The van der Waals surface area contributed by atoms with E-state index in [1.54, 1.807) is 0 Å². The number of esters is 1. The summed E-state index contributed by atoms with van der Waals surface area (Å²) >= 11 is 0. The molecule has 0 spiro atoms. The molecule has 0 aliphatic rings. The van der Waals surface area contributed by atoms with Crippen molar-refractivity contribution in [3.63, 3.8) is 0 Å². The van der Waals surface area contributed by atoms with Gasteiger partial charge in [-0.05, 0) is 5.92 Å². The molecule has 0 aromatic carbocycles. The third-order valence-corrected chi connectivity index (χ3v) is 2.98. The first-order valence-electron chi connectivity index (χ1n) is 3.98. The van der Waals surface area contributed by atoms with Crippen molar-refractivity contribution in [1.82, 2.24) is 0 Å². The molecular weight excluding hydrogens is 176 g/mol. The molecule has 0 aromatic heterocycles. The van der Waals surface area contributed by atoms with Gasteiger partial charge in [0, 0.05) is 22.3 Å². The number of hydrogen-bond acceptors (Lipinski definition) is 3. The van der Waals surface area contributed by atoms with E-state index in [4.69, 9.17) is 0 Å². The summed E-state index contributed by atoms with van der Waals surface area (Å²) in [5.41, 5.74) is 0. The highest BCUT2D eigenvalue weighted by Gasteiger charge is 2.06. The number of ether oxygens (including phenoxy) is 1. The fraction of sp³-hybridized carbons (Fsp3) is 0.875. The first-order chi connectivity index (χ1) is 5.56. The van der Waals surface area contributed by atoms with Gasteiger partial charge in [0.1, 0.15) is 0 Å². The molecule has 0 fully saturated rings. The van der Waals surface area contributed by atoms with E-state index >= 15 is 0 Å². The minimum atomic E-state index is -0.873. The van der Waals surface area contributed by atoms with Crippen LogP contribution in [0.5, 0.6) is 0 Å². The second-order valence-corrected chi connectivity index (χ2v) is 4.65. The van der Waals surface area contributed by atoms with E-state index in [0.29, 0.717) is 17.4 Å². The van der Waals surface area contributed by atoms with E-state index in [0.717, 1.165) is 0 Å². The first kappa shape index (κ1) is 11.6. The SMILES string of the molecule is COC(=O)CCS(=O)CC(C)C. The number of rotatable bonds is 5. The Morgan fingerprint density at radius 3 is 2.50 bits per heavy atom. The van der Waals surface area contributed by atoms with Gasteiger partial charge in [0.05, 0.1) is 13.5 Å². The van der Waals surface area contributed by atoms with Crippen LogP contribution < -0.4 is 0 Å². The van der Waals surface area contributed by atoms with Crippen molar-refractivity contribution in [2.75, 3.05) is 18.6 Å². The fourth-order valence-electron chi connectivity index (χ4n) is 0.754. The van der Waals surface area contributed by atoms with Crippen LogP contribution in [0.4, 0.5) is 0 Å². The number of methoxy groups -OCH3 is 1. The fourth-order valence-corrected chi connectivity index (χ4v) is 2.06. The third-order valence-electron chi connectivity index (χ3n) is 1.28. The van der Waals surface area contributed by atoms with Gasteiger partial charge in [0.15, 0.2) is 0 Å². The Morgan fingerprint density at radius 2 is 2.08 bits per heavy atom. The van der Waals surface area contributed by atoms with Crippen LogP contribution in [-0.4, -0.2) is 28.8 Å². The largest absolute Gasteiger partial charge is 0.469 e. The molecular formula is C8H16O3S. The highest BCUT2D eigenvalue weighted by atomic mass is 32.2. The molecule has 0 amide bonds. The molecule has 0 heterocycles. The maximum Gasteiger partial charge on any atom is 0.306 e.